The van der Waals surface area contributed by atoms with E-state index in [1.165, 1.54) is 16.8 Å². The summed E-state index contributed by atoms with van der Waals surface area (Å²) < 4.78 is 14.2. The fraction of sp³-hybridized carbons (Fsp3) is 0.412. The molecule has 3 rings (SSSR count). The van der Waals surface area contributed by atoms with E-state index in [0.717, 1.165) is 50.6 Å². The molecule has 7 heteroatoms. The number of piperazine rings is 1. The van der Waals surface area contributed by atoms with Crippen LogP contribution in [0.5, 0.6) is 0 Å². The normalized spacial score (nSPS) is 15.5. The molecule has 1 saturated heterocycles. The van der Waals surface area contributed by atoms with Gasteiger partial charge in [-0.1, -0.05) is 0 Å². The number of nitrogens with one attached hydrogen (secondary N) is 1. The quantitative estimate of drug-likeness (QED) is 0.891. The average Bonchev–Trinajstić information content (AvgIpc) is 2.60. The number of hydrogen-bond donors (Lipinski definition) is 1. The zero-order chi connectivity index (χ0) is 16.9. The molecular weight excluding hydrogens is 309 g/mol. The van der Waals surface area contributed by atoms with Crippen molar-refractivity contribution in [1.82, 2.24) is 14.7 Å². The second-order valence-electron chi connectivity index (χ2n) is 5.94. The minimum absolute atomic E-state index is 0.0848. The van der Waals surface area contributed by atoms with Crippen LogP contribution in [-0.2, 0) is 7.05 Å². The highest BCUT2D eigenvalue weighted by atomic mass is 19.1. The SMILES string of the molecule is Cn1ncc(N2CCN(CCNc3ccc(F)cc3)CC2)cc1=O. The van der Waals surface area contributed by atoms with Crippen LogP contribution in [0.2, 0.25) is 0 Å². The molecule has 0 bridgehead atoms. The van der Waals surface area contributed by atoms with Gasteiger partial charge >= 0.3 is 0 Å². The van der Waals surface area contributed by atoms with E-state index in [1.54, 1.807) is 31.4 Å². The third-order valence-corrected chi connectivity index (χ3v) is 4.29. The highest BCUT2D eigenvalue weighted by Gasteiger charge is 2.17. The van der Waals surface area contributed by atoms with Crippen LogP contribution in [0.4, 0.5) is 15.8 Å². The van der Waals surface area contributed by atoms with Crippen molar-refractivity contribution in [3.63, 3.8) is 0 Å². The molecule has 0 radical (unpaired) electrons. The Kier molecular flexibility index (Phi) is 5.10. The lowest BCUT2D eigenvalue weighted by Gasteiger charge is -2.35. The van der Waals surface area contributed by atoms with E-state index in [9.17, 15) is 9.18 Å². The van der Waals surface area contributed by atoms with Gasteiger partial charge in [-0.3, -0.25) is 9.69 Å². The summed E-state index contributed by atoms with van der Waals surface area (Å²) in [6.45, 7) is 5.40. The molecule has 1 N–H and O–H groups in total. The first-order valence-electron chi connectivity index (χ1n) is 8.12. The highest BCUT2D eigenvalue weighted by Crippen LogP contribution is 2.13. The molecule has 1 aromatic carbocycles. The number of benzene rings is 1. The van der Waals surface area contributed by atoms with Crippen LogP contribution in [0.3, 0.4) is 0 Å². The fourth-order valence-corrected chi connectivity index (χ4v) is 2.79. The fourth-order valence-electron chi connectivity index (χ4n) is 2.79. The molecule has 1 aromatic heterocycles. The zero-order valence-electron chi connectivity index (χ0n) is 13.8. The topological polar surface area (TPSA) is 53.4 Å². The van der Waals surface area contributed by atoms with Crippen molar-refractivity contribution < 1.29 is 4.39 Å². The van der Waals surface area contributed by atoms with Gasteiger partial charge in [-0.05, 0) is 24.3 Å². The molecule has 0 atom stereocenters. The summed E-state index contributed by atoms with van der Waals surface area (Å²) in [6.07, 6.45) is 1.74. The predicted octanol–water partition coefficient (Wildman–Crippen LogP) is 1.15. The molecule has 1 aliphatic heterocycles. The van der Waals surface area contributed by atoms with Crippen molar-refractivity contribution in [3.05, 3.63) is 52.7 Å². The third-order valence-electron chi connectivity index (χ3n) is 4.29. The standard InChI is InChI=1S/C17H22FN5O/c1-21-17(24)12-16(13-20-21)23-10-8-22(9-11-23)7-6-19-15-4-2-14(18)3-5-15/h2-5,12-13,19H,6-11H2,1H3. The summed E-state index contributed by atoms with van der Waals surface area (Å²) in [7, 11) is 1.65. The number of aromatic nitrogens is 2. The third kappa shape index (κ3) is 4.11. The first kappa shape index (κ1) is 16.4. The van der Waals surface area contributed by atoms with Crippen molar-refractivity contribution in [2.75, 3.05) is 49.5 Å². The Morgan fingerprint density at radius 2 is 1.88 bits per heavy atom. The maximum Gasteiger partial charge on any atom is 0.268 e. The van der Waals surface area contributed by atoms with Crippen LogP contribution >= 0.6 is 0 Å². The number of halogens is 1. The van der Waals surface area contributed by atoms with Gasteiger partial charge in [-0.25, -0.2) is 9.07 Å². The Bertz CT molecular complexity index is 723. The van der Waals surface area contributed by atoms with Crippen molar-refractivity contribution in [2.24, 2.45) is 7.05 Å². The lowest BCUT2D eigenvalue weighted by Crippen LogP contribution is -2.48. The molecule has 2 aromatic rings. The Balaban J connectivity index is 1.44. The second kappa shape index (κ2) is 7.44. The zero-order valence-corrected chi connectivity index (χ0v) is 13.8. The van der Waals surface area contributed by atoms with Gasteiger partial charge in [0.2, 0.25) is 0 Å². The van der Waals surface area contributed by atoms with E-state index in [2.05, 4.69) is 20.2 Å². The van der Waals surface area contributed by atoms with E-state index in [1.807, 2.05) is 0 Å². The second-order valence-corrected chi connectivity index (χ2v) is 5.94. The van der Waals surface area contributed by atoms with Gasteiger partial charge in [0.25, 0.3) is 5.56 Å². The molecule has 0 saturated carbocycles. The lowest BCUT2D eigenvalue weighted by atomic mass is 10.2. The van der Waals surface area contributed by atoms with Gasteiger partial charge in [0, 0.05) is 58.1 Å². The number of anilines is 2. The van der Waals surface area contributed by atoms with Gasteiger partial charge < -0.3 is 10.2 Å². The largest absolute Gasteiger partial charge is 0.384 e. The van der Waals surface area contributed by atoms with Crippen LogP contribution in [-0.4, -0.2) is 53.9 Å². The summed E-state index contributed by atoms with van der Waals surface area (Å²) in [5, 5.41) is 7.37. The van der Waals surface area contributed by atoms with Crippen LogP contribution in [0.1, 0.15) is 0 Å². The molecule has 2 heterocycles. The molecule has 0 amide bonds. The molecule has 24 heavy (non-hydrogen) atoms. The summed E-state index contributed by atoms with van der Waals surface area (Å²) in [5.74, 6) is -0.220. The van der Waals surface area contributed by atoms with Crippen LogP contribution < -0.4 is 15.8 Å². The van der Waals surface area contributed by atoms with Crippen molar-refractivity contribution in [2.45, 2.75) is 0 Å². The molecule has 1 fully saturated rings. The molecule has 6 nitrogen and oxygen atoms in total. The number of nitrogens with zero attached hydrogens (tertiary/aromatic N) is 4. The van der Waals surface area contributed by atoms with Gasteiger partial charge in [-0.15, -0.1) is 0 Å². The minimum Gasteiger partial charge on any atom is -0.384 e. The van der Waals surface area contributed by atoms with Gasteiger partial charge in [0.1, 0.15) is 5.82 Å². The average molecular weight is 331 g/mol. The van der Waals surface area contributed by atoms with E-state index >= 15 is 0 Å². The van der Waals surface area contributed by atoms with E-state index in [4.69, 9.17) is 0 Å². The Morgan fingerprint density at radius 3 is 2.54 bits per heavy atom. The van der Waals surface area contributed by atoms with Gasteiger partial charge in [-0.2, -0.15) is 5.10 Å². The van der Waals surface area contributed by atoms with E-state index in [0.29, 0.717) is 0 Å². The van der Waals surface area contributed by atoms with E-state index in [-0.39, 0.29) is 11.4 Å². The van der Waals surface area contributed by atoms with Crippen molar-refractivity contribution in [1.29, 1.82) is 0 Å². The van der Waals surface area contributed by atoms with Crippen molar-refractivity contribution in [3.8, 4) is 0 Å². The molecule has 0 aliphatic carbocycles. The van der Waals surface area contributed by atoms with E-state index < -0.39 is 0 Å². The highest BCUT2D eigenvalue weighted by molar-refractivity contribution is 5.44. The summed E-state index contributed by atoms with van der Waals surface area (Å²) >= 11 is 0. The van der Waals surface area contributed by atoms with Crippen LogP contribution in [0.15, 0.2) is 41.3 Å². The molecule has 0 spiro atoms. The smallest absolute Gasteiger partial charge is 0.268 e. The first-order valence-corrected chi connectivity index (χ1v) is 8.12. The summed E-state index contributed by atoms with van der Waals surface area (Å²) in [5.41, 5.74) is 1.74. The molecule has 128 valence electrons. The lowest BCUT2D eigenvalue weighted by molar-refractivity contribution is 0.267. The Morgan fingerprint density at radius 1 is 1.17 bits per heavy atom. The number of rotatable bonds is 5. The molecule has 1 aliphatic rings. The maximum absolute atomic E-state index is 12.9. The minimum atomic E-state index is -0.220. The Labute approximate surface area is 140 Å². The van der Waals surface area contributed by atoms with Crippen LogP contribution in [0, 0.1) is 5.82 Å². The van der Waals surface area contributed by atoms with Gasteiger partial charge in [0.05, 0.1) is 11.9 Å². The summed E-state index contributed by atoms with van der Waals surface area (Å²) in [6, 6.07) is 8.05. The molecular formula is C17H22FN5O. The maximum atomic E-state index is 12.9. The number of aryl methyl sites for hydroxylation is 1. The van der Waals surface area contributed by atoms with Crippen molar-refractivity contribution >= 4 is 11.4 Å². The summed E-state index contributed by atoms with van der Waals surface area (Å²) in [4.78, 5) is 16.2. The predicted molar refractivity (Wildman–Crippen MR) is 93.0 cm³/mol. The monoisotopic (exact) mass is 331 g/mol. The molecule has 0 unspecified atom stereocenters. The Hall–Kier alpha value is -2.41. The van der Waals surface area contributed by atoms with Crippen LogP contribution in [0.25, 0.3) is 0 Å². The van der Waals surface area contributed by atoms with Gasteiger partial charge in [0.15, 0.2) is 0 Å². The number of hydrogen-bond acceptors (Lipinski definition) is 5. The first-order chi connectivity index (χ1) is 11.6.